The molecule has 0 unspecified atom stereocenters. The fraction of sp³-hybridized carbons (Fsp3) is 0.300. The molecular formula is C10H10F3NO. The molecule has 0 bridgehead atoms. The van der Waals surface area contributed by atoms with E-state index in [0.29, 0.717) is 18.6 Å². The van der Waals surface area contributed by atoms with Crippen LogP contribution in [0.3, 0.4) is 0 Å². The Bertz CT molecular complexity index is 379. The number of hydrogen-bond acceptors (Lipinski definition) is 1. The molecule has 0 aliphatic heterocycles. The van der Waals surface area contributed by atoms with Crippen LogP contribution in [0.2, 0.25) is 0 Å². The molecule has 0 aliphatic carbocycles. The highest BCUT2D eigenvalue weighted by Crippen LogP contribution is 2.18. The van der Waals surface area contributed by atoms with Gasteiger partial charge < -0.3 is 5.32 Å². The van der Waals surface area contributed by atoms with Crippen molar-refractivity contribution in [3.05, 3.63) is 29.6 Å². The molecule has 1 aromatic carbocycles. The van der Waals surface area contributed by atoms with Crippen molar-refractivity contribution in [2.75, 3.05) is 5.32 Å². The molecule has 0 atom stereocenters. The minimum atomic E-state index is -1.28. The number of halogens is 3. The number of carbonyl (C=O) groups excluding carboxylic acids is 1. The molecule has 0 heterocycles. The van der Waals surface area contributed by atoms with Crippen LogP contribution >= 0.6 is 0 Å². The van der Waals surface area contributed by atoms with Gasteiger partial charge in [-0.2, -0.15) is 0 Å². The highest BCUT2D eigenvalue weighted by Gasteiger charge is 2.11. The molecule has 0 saturated carbocycles. The van der Waals surface area contributed by atoms with E-state index in [2.05, 4.69) is 5.32 Å². The summed E-state index contributed by atoms with van der Waals surface area (Å²) >= 11 is 0. The van der Waals surface area contributed by atoms with Gasteiger partial charge in [-0.15, -0.1) is 0 Å². The van der Waals surface area contributed by atoms with Crippen LogP contribution in [0.25, 0.3) is 0 Å². The lowest BCUT2D eigenvalue weighted by molar-refractivity contribution is -0.116. The molecule has 0 spiro atoms. The monoisotopic (exact) mass is 217 g/mol. The van der Waals surface area contributed by atoms with Gasteiger partial charge in [0.25, 0.3) is 0 Å². The SMILES string of the molecule is CCCC(=O)Nc1cc(F)c(F)cc1F. The zero-order valence-corrected chi connectivity index (χ0v) is 8.11. The van der Waals surface area contributed by atoms with Crippen LogP contribution in [-0.2, 0) is 4.79 Å². The predicted molar refractivity (Wildman–Crippen MR) is 49.9 cm³/mol. The van der Waals surface area contributed by atoms with Gasteiger partial charge in [0.05, 0.1) is 5.69 Å². The van der Waals surface area contributed by atoms with Crippen molar-refractivity contribution >= 4 is 11.6 Å². The second-order valence-electron chi connectivity index (χ2n) is 3.04. The number of nitrogens with one attached hydrogen (secondary N) is 1. The summed E-state index contributed by atoms with van der Waals surface area (Å²) in [4.78, 5) is 11.1. The van der Waals surface area contributed by atoms with E-state index in [0.717, 1.165) is 0 Å². The maximum absolute atomic E-state index is 13.0. The first-order chi connectivity index (χ1) is 7.04. The second-order valence-corrected chi connectivity index (χ2v) is 3.04. The molecule has 0 aliphatic rings. The van der Waals surface area contributed by atoms with E-state index < -0.39 is 23.4 Å². The molecule has 1 rings (SSSR count). The maximum Gasteiger partial charge on any atom is 0.224 e. The van der Waals surface area contributed by atoms with Gasteiger partial charge in [-0.25, -0.2) is 13.2 Å². The van der Waals surface area contributed by atoms with Crippen LogP contribution in [-0.4, -0.2) is 5.91 Å². The Labute approximate surface area is 85.1 Å². The molecule has 0 saturated heterocycles. The van der Waals surface area contributed by atoms with E-state index in [-0.39, 0.29) is 12.1 Å². The van der Waals surface area contributed by atoms with Gasteiger partial charge in [0.15, 0.2) is 11.6 Å². The summed E-state index contributed by atoms with van der Waals surface area (Å²) in [7, 11) is 0. The molecule has 82 valence electrons. The minimum Gasteiger partial charge on any atom is -0.324 e. The number of anilines is 1. The van der Waals surface area contributed by atoms with Crippen LogP contribution in [0.4, 0.5) is 18.9 Å². The number of carbonyl (C=O) groups is 1. The quantitative estimate of drug-likeness (QED) is 0.775. The maximum atomic E-state index is 13.0. The fourth-order valence-corrected chi connectivity index (χ4v) is 1.06. The number of benzene rings is 1. The average Bonchev–Trinajstić information content (AvgIpc) is 2.14. The Morgan fingerprint density at radius 1 is 1.20 bits per heavy atom. The van der Waals surface area contributed by atoms with Crippen LogP contribution in [0.1, 0.15) is 19.8 Å². The summed E-state index contributed by atoms with van der Waals surface area (Å²) < 4.78 is 38.2. The van der Waals surface area contributed by atoms with Crippen molar-refractivity contribution in [3.8, 4) is 0 Å². The fourth-order valence-electron chi connectivity index (χ4n) is 1.06. The lowest BCUT2D eigenvalue weighted by Crippen LogP contribution is -2.12. The predicted octanol–water partition coefficient (Wildman–Crippen LogP) is 2.84. The Kier molecular flexibility index (Phi) is 3.71. The highest BCUT2D eigenvalue weighted by atomic mass is 19.2. The topological polar surface area (TPSA) is 29.1 Å². The van der Waals surface area contributed by atoms with E-state index >= 15 is 0 Å². The first-order valence-corrected chi connectivity index (χ1v) is 4.49. The Morgan fingerprint density at radius 3 is 2.40 bits per heavy atom. The van der Waals surface area contributed by atoms with Crippen molar-refractivity contribution in [2.45, 2.75) is 19.8 Å². The van der Waals surface area contributed by atoms with Gasteiger partial charge >= 0.3 is 0 Å². The first-order valence-electron chi connectivity index (χ1n) is 4.49. The number of rotatable bonds is 3. The van der Waals surface area contributed by atoms with Crippen molar-refractivity contribution in [1.82, 2.24) is 0 Å². The van der Waals surface area contributed by atoms with Crippen LogP contribution < -0.4 is 5.32 Å². The van der Waals surface area contributed by atoms with Crippen molar-refractivity contribution in [3.63, 3.8) is 0 Å². The number of amides is 1. The third kappa shape index (κ3) is 2.97. The van der Waals surface area contributed by atoms with Crippen molar-refractivity contribution < 1.29 is 18.0 Å². The molecule has 0 aromatic heterocycles. The highest BCUT2D eigenvalue weighted by molar-refractivity contribution is 5.90. The van der Waals surface area contributed by atoms with E-state index in [1.807, 2.05) is 0 Å². The minimum absolute atomic E-state index is 0.207. The summed E-state index contributed by atoms with van der Waals surface area (Å²) in [6.07, 6.45) is 0.801. The number of hydrogen-bond donors (Lipinski definition) is 1. The van der Waals surface area contributed by atoms with Gasteiger partial charge in [0, 0.05) is 18.6 Å². The largest absolute Gasteiger partial charge is 0.324 e. The van der Waals surface area contributed by atoms with Gasteiger partial charge in [0.2, 0.25) is 5.91 Å². The van der Waals surface area contributed by atoms with Crippen molar-refractivity contribution in [2.24, 2.45) is 0 Å². The smallest absolute Gasteiger partial charge is 0.224 e. The third-order valence-electron chi connectivity index (χ3n) is 1.76. The van der Waals surface area contributed by atoms with Crippen molar-refractivity contribution in [1.29, 1.82) is 0 Å². The first kappa shape index (κ1) is 11.6. The van der Waals surface area contributed by atoms with Gasteiger partial charge in [-0.1, -0.05) is 6.92 Å². The molecule has 0 radical (unpaired) electrons. The van der Waals surface area contributed by atoms with Crippen LogP contribution in [0.5, 0.6) is 0 Å². The van der Waals surface area contributed by atoms with Crippen LogP contribution in [0.15, 0.2) is 12.1 Å². The molecule has 2 nitrogen and oxygen atoms in total. The molecule has 1 N–H and O–H groups in total. The van der Waals surface area contributed by atoms with Gasteiger partial charge in [-0.05, 0) is 6.42 Å². The van der Waals surface area contributed by atoms with E-state index in [9.17, 15) is 18.0 Å². The Hall–Kier alpha value is -1.52. The van der Waals surface area contributed by atoms with Gasteiger partial charge in [-0.3, -0.25) is 4.79 Å². The molecule has 15 heavy (non-hydrogen) atoms. The van der Waals surface area contributed by atoms with Gasteiger partial charge in [0.1, 0.15) is 5.82 Å². The summed E-state index contributed by atoms with van der Waals surface area (Å²) in [5.41, 5.74) is -0.340. The standard InChI is InChI=1S/C10H10F3NO/c1-2-3-10(15)14-9-5-7(12)6(11)4-8(9)13/h4-5H,2-3H2,1H3,(H,14,15). The van der Waals surface area contributed by atoms with Crippen LogP contribution in [0, 0.1) is 17.5 Å². The molecular weight excluding hydrogens is 207 g/mol. The zero-order valence-electron chi connectivity index (χ0n) is 8.11. The van der Waals surface area contributed by atoms with E-state index in [1.54, 1.807) is 6.92 Å². The zero-order chi connectivity index (χ0) is 11.4. The summed E-state index contributed by atoms with van der Waals surface area (Å²) in [5.74, 6) is -3.88. The lowest BCUT2D eigenvalue weighted by Gasteiger charge is -2.05. The molecule has 1 aromatic rings. The summed E-state index contributed by atoms with van der Waals surface area (Å²) in [6, 6.07) is 1.02. The second kappa shape index (κ2) is 4.82. The lowest BCUT2D eigenvalue weighted by atomic mass is 10.2. The molecule has 1 amide bonds. The molecule has 5 heteroatoms. The van der Waals surface area contributed by atoms with E-state index in [4.69, 9.17) is 0 Å². The van der Waals surface area contributed by atoms with E-state index in [1.165, 1.54) is 0 Å². The molecule has 0 fully saturated rings. The Balaban J connectivity index is 2.86. The Morgan fingerprint density at radius 2 is 1.80 bits per heavy atom. The normalized spacial score (nSPS) is 10.1. The summed E-state index contributed by atoms with van der Waals surface area (Å²) in [6.45, 7) is 1.78. The third-order valence-corrected chi connectivity index (χ3v) is 1.76. The average molecular weight is 217 g/mol. The summed E-state index contributed by atoms with van der Waals surface area (Å²) in [5, 5.41) is 2.16.